The van der Waals surface area contributed by atoms with Gasteiger partial charge in [-0.2, -0.15) is 0 Å². The summed E-state index contributed by atoms with van der Waals surface area (Å²) in [6.45, 7) is 2.57. The third-order valence-electron chi connectivity index (χ3n) is 3.36. The van der Waals surface area contributed by atoms with Gasteiger partial charge >= 0.3 is 0 Å². The van der Waals surface area contributed by atoms with Crippen molar-refractivity contribution in [2.45, 2.75) is 19.8 Å². The van der Waals surface area contributed by atoms with Crippen molar-refractivity contribution < 1.29 is 24.5 Å². The van der Waals surface area contributed by atoms with E-state index in [1.165, 1.54) is 6.07 Å². The zero-order valence-corrected chi connectivity index (χ0v) is 12.0. The molecule has 0 fully saturated rings. The molecule has 0 aliphatic heterocycles. The van der Waals surface area contributed by atoms with Gasteiger partial charge in [-0.15, -0.1) is 0 Å². The highest BCUT2D eigenvalue weighted by atomic mass is 16.5. The maximum Gasteiger partial charge on any atom is 0.137 e. The molecule has 114 valence electrons. The highest BCUT2D eigenvalue weighted by Crippen LogP contribution is 2.40. The number of hydrogen-bond acceptors (Lipinski definition) is 5. The van der Waals surface area contributed by atoms with Crippen molar-refractivity contribution in [1.82, 2.24) is 0 Å². The number of benzene rings is 1. The lowest BCUT2D eigenvalue weighted by Crippen LogP contribution is -2.06. The van der Waals surface area contributed by atoms with E-state index in [9.17, 15) is 10.2 Å². The van der Waals surface area contributed by atoms with Crippen LogP contribution in [0, 0.1) is 0 Å². The van der Waals surface area contributed by atoms with Crippen LogP contribution < -0.4 is 0 Å². The van der Waals surface area contributed by atoms with E-state index < -0.39 is 0 Å². The molecule has 0 atom stereocenters. The number of rotatable bonds is 7. The van der Waals surface area contributed by atoms with Crippen molar-refractivity contribution in [2.75, 3.05) is 19.8 Å². The Kier molecular flexibility index (Phi) is 5.25. The Hall–Kier alpha value is -1.98. The quantitative estimate of drug-likeness (QED) is 0.683. The molecule has 1 aromatic heterocycles. The van der Waals surface area contributed by atoms with Gasteiger partial charge in [-0.1, -0.05) is 6.92 Å². The molecule has 0 radical (unpaired) electrons. The Morgan fingerprint density at radius 1 is 1.14 bits per heavy atom. The van der Waals surface area contributed by atoms with Gasteiger partial charge in [0.25, 0.3) is 0 Å². The largest absolute Gasteiger partial charge is 0.508 e. The molecule has 0 unspecified atom stereocenters. The zero-order valence-electron chi connectivity index (χ0n) is 12.0. The Morgan fingerprint density at radius 2 is 1.95 bits per heavy atom. The molecule has 0 spiro atoms. The smallest absolute Gasteiger partial charge is 0.137 e. The van der Waals surface area contributed by atoms with Crippen LogP contribution in [0.1, 0.15) is 18.1 Å². The van der Waals surface area contributed by atoms with Gasteiger partial charge < -0.3 is 24.5 Å². The molecule has 1 heterocycles. The third-order valence-corrected chi connectivity index (χ3v) is 3.36. The van der Waals surface area contributed by atoms with E-state index in [1.54, 1.807) is 18.4 Å². The van der Waals surface area contributed by atoms with Crippen molar-refractivity contribution in [2.24, 2.45) is 0 Å². The minimum absolute atomic E-state index is 0.0168. The van der Waals surface area contributed by atoms with Crippen molar-refractivity contribution in [3.8, 4) is 22.8 Å². The number of hydrogen-bond donors (Lipinski definition) is 3. The highest BCUT2D eigenvalue weighted by Gasteiger charge is 2.19. The Morgan fingerprint density at radius 3 is 2.57 bits per heavy atom. The van der Waals surface area contributed by atoms with Crippen LogP contribution in [-0.4, -0.2) is 35.1 Å². The average molecular weight is 292 g/mol. The van der Waals surface area contributed by atoms with Gasteiger partial charge in [0.2, 0.25) is 0 Å². The maximum absolute atomic E-state index is 10.2. The molecular formula is C16H20O5. The molecular weight excluding hydrogens is 272 g/mol. The molecule has 0 bridgehead atoms. The van der Waals surface area contributed by atoms with Crippen LogP contribution in [0.15, 0.2) is 28.9 Å². The summed E-state index contributed by atoms with van der Waals surface area (Å²) in [7, 11) is 0. The molecule has 0 aliphatic carbocycles. The van der Waals surface area contributed by atoms with Gasteiger partial charge in [0.15, 0.2) is 0 Å². The van der Waals surface area contributed by atoms with Crippen molar-refractivity contribution in [3.63, 3.8) is 0 Å². The number of aliphatic hydroxyl groups is 1. The molecule has 0 saturated carbocycles. The fourth-order valence-corrected chi connectivity index (χ4v) is 2.46. The van der Waals surface area contributed by atoms with E-state index in [-0.39, 0.29) is 24.7 Å². The normalized spacial score (nSPS) is 11.0. The van der Waals surface area contributed by atoms with Crippen molar-refractivity contribution in [3.05, 3.63) is 35.6 Å². The van der Waals surface area contributed by atoms with Gasteiger partial charge in [-0.25, -0.2) is 0 Å². The third kappa shape index (κ3) is 3.37. The SMILES string of the molecule is CCc1c(O)cc(O)c(-c2ccco2)c1CCOCCO. The number of phenols is 2. The molecule has 2 rings (SSSR count). The average Bonchev–Trinajstić information content (AvgIpc) is 2.97. The number of aliphatic hydroxyl groups excluding tert-OH is 1. The lowest BCUT2D eigenvalue weighted by Gasteiger charge is -2.16. The van der Waals surface area contributed by atoms with Crippen LogP contribution in [0.3, 0.4) is 0 Å². The molecule has 5 nitrogen and oxygen atoms in total. The Bertz CT molecular complexity index is 575. The predicted molar refractivity (Wildman–Crippen MR) is 78.5 cm³/mol. The Balaban J connectivity index is 2.42. The summed E-state index contributed by atoms with van der Waals surface area (Å²) >= 11 is 0. The molecule has 5 heteroatoms. The molecule has 2 aromatic rings. The topological polar surface area (TPSA) is 83.1 Å². The van der Waals surface area contributed by atoms with Crippen LogP contribution >= 0.6 is 0 Å². The fraction of sp³-hybridized carbons (Fsp3) is 0.375. The lowest BCUT2D eigenvalue weighted by molar-refractivity contribution is 0.0943. The maximum atomic E-state index is 10.2. The van der Waals surface area contributed by atoms with Crippen LogP contribution in [0.4, 0.5) is 0 Å². The Labute approximate surface area is 123 Å². The number of furan rings is 1. The fourth-order valence-electron chi connectivity index (χ4n) is 2.46. The number of aromatic hydroxyl groups is 2. The first-order valence-corrected chi connectivity index (χ1v) is 6.98. The second kappa shape index (κ2) is 7.15. The number of phenolic OH excluding ortho intramolecular Hbond substituents is 2. The van der Waals surface area contributed by atoms with E-state index >= 15 is 0 Å². The van der Waals surface area contributed by atoms with Crippen LogP contribution in [0.5, 0.6) is 11.5 Å². The van der Waals surface area contributed by atoms with E-state index in [2.05, 4.69) is 0 Å². The van der Waals surface area contributed by atoms with Crippen molar-refractivity contribution >= 4 is 0 Å². The second-order valence-electron chi connectivity index (χ2n) is 4.66. The summed E-state index contributed by atoms with van der Waals surface area (Å²) < 4.78 is 10.7. The van der Waals surface area contributed by atoms with E-state index in [4.69, 9.17) is 14.3 Å². The minimum atomic E-state index is -0.0308. The van der Waals surface area contributed by atoms with E-state index in [0.29, 0.717) is 30.8 Å². The summed E-state index contributed by atoms with van der Waals surface area (Å²) in [5.74, 6) is 0.610. The van der Waals surface area contributed by atoms with Gasteiger partial charge in [-0.3, -0.25) is 0 Å². The number of ether oxygens (including phenoxy) is 1. The van der Waals surface area contributed by atoms with Gasteiger partial charge in [0.05, 0.1) is 31.6 Å². The first-order valence-electron chi connectivity index (χ1n) is 6.98. The first-order chi connectivity index (χ1) is 10.2. The zero-order chi connectivity index (χ0) is 15.2. The van der Waals surface area contributed by atoms with E-state index in [0.717, 1.165) is 11.1 Å². The minimum Gasteiger partial charge on any atom is -0.508 e. The summed E-state index contributed by atoms with van der Waals surface area (Å²) in [5.41, 5.74) is 2.16. The molecule has 0 aliphatic rings. The molecule has 1 aromatic carbocycles. The predicted octanol–water partition coefficient (Wildman–Crippen LogP) is 2.47. The lowest BCUT2D eigenvalue weighted by atomic mass is 9.93. The summed E-state index contributed by atoms with van der Waals surface area (Å²) in [4.78, 5) is 0. The monoisotopic (exact) mass is 292 g/mol. The van der Waals surface area contributed by atoms with Crippen LogP contribution in [0.25, 0.3) is 11.3 Å². The first kappa shape index (κ1) is 15.4. The highest BCUT2D eigenvalue weighted by molar-refractivity contribution is 5.73. The second-order valence-corrected chi connectivity index (χ2v) is 4.66. The van der Waals surface area contributed by atoms with E-state index in [1.807, 2.05) is 6.92 Å². The molecule has 3 N–H and O–H groups in total. The molecule has 21 heavy (non-hydrogen) atoms. The van der Waals surface area contributed by atoms with Gasteiger partial charge in [0.1, 0.15) is 17.3 Å². The standard InChI is InChI=1S/C16H20O5/c1-2-11-12(5-8-20-9-6-17)16(14(19)10-13(11)18)15-4-3-7-21-15/h3-4,7,10,17-19H,2,5-6,8-9H2,1H3. The summed E-state index contributed by atoms with van der Waals surface area (Å²) in [6, 6.07) is 4.86. The summed E-state index contributed by atoms with van der Waals surface area (Å²) in [5, 5.41) is 28.9. The van der Waals surface area contributed by atoms with Crippen LogP contribution in [-0.2, 0) is 17.6 Å². The van der Waals surface area contributed by atoms with Crippen molar-refractivity contribution in [1.29, 1.82) is 0 Å². The molecule has 0 amide bonds. The van der Waals surface area contributed by atoms with Gasteiger partial charge in [0, 0.05) is 6.07 Å². The van der Waals surface area contributed by atoms with Crippen LogP contribution in [0.2, 0.25) is 0 Å². The van der Waals surface area contributed by atoms with Gasteiger partial charge in [-0.05, 0) is 36.1 Å². The summed E-state index contributed by atoms with van der Waals surface area (Å²) in [6.07, 6.45) is 2.69. The molecule has 0 saturated heterocycles.